The molecule has 43 heteroatoms. The third kappa shape index (κ3) is 38.7. The highest BCUT2D eigenvalue weighted by Gasteiger charge is 2.18. The van der Waals surface area contributed by atoms with Gasteiger partial charge in [-0.3, -0.25) is 41.8 Å². The van der Waals surface area contributed by atoms with Crippen LogP contribution in [0.2, 0.25) is 0 Å². The number of carbonyl (C=O) groups is 3. The minimum atomic E-state index is -4.11. The molecule has 9 aromatic rings. The van der Waals surface area contributed by atoms with Crippen molar-refractivity contribution < 1.29 is 102 Å². The number of hydrogen-bond donors (Lipinski definition) is 18. The molecular formula is C81H106N18O22S3. The van der Waals surface area contributed by atoms with Crippen LogP contribution in [0.5, 0.6) is 51.7 Å². The quantitative estimate of drug-likeness (QED) is 0.00620. The summed E-state index contributed by atoms with van der Waals surface area (Å²) >= 11 is 0. The second kappa shape index (κ2) is 52.5. The predicted molar refractivity (Wildman–Crippen MR) is 473 cm³/mol. The van der Waals surface area contributed by atoms with E-state index in [-0.39, 0.29) is 77.7 Å². The van der Waals surface area contributed by atoms with Crippen molar-refractivity contribution in [1.29, 1.82) is 32.5 Å². The topological polar surface area (TPSA) is 724 Å². The lowest BCUT2D eigenvalue weighted by Gasteiger charge is -2.11. The standard InChI is InChI=1S/C13H18N2O3.C12H16N2O4.C10H13N3O2.C10H14N2O3S.C10H10N2O.C9H13N3O3S.C9H12N2O4S.C8H10N2O2/c1-3-9-7-10(13(14)15)5-6-11(9)18-8-12(16)17-4-2;1-3-17-11(15)7-18-9-5-4-8(12(13)14)6-10(9)16-2;1-15-8-4-7(10(12)13)3-2-6(8)5-9(11)14;1-15-9-5-7(10(11)12)3-4-8(9)6-16(2,13)14;1-13-8-3-2-7-4-5-12-10(11)9(7)6-8;2*1-15-8-4-6(9(10)11)2-3-7(8)5-16(12,13)14;1-12-7-4-2-3-6(5-7)8(9)10-11/h5-7H,3-4,8H2,1-2H3,(H3,14,15);4-6H,3,7H2,1-2H3,(H3,13,14);2-4H,5H2,1H3,(H2,11,14)(H3,12,13);3-5H,6H2,1-2H3,(H3,11,12);2-6H,1H3,(H2,11,12);2-4H,5H2,1H3,(H3,10,11)(H2,12,13,14);2-4H,5H2,1H3,(H3,10,11)(H,12,13,14);2-5,11H,1H3,(H2,9,10). The van der Waals surface area contributed by atoms with Gasteiger partial charge in [-0.05, 0) is 122 Å². The molecule has 40 nitrogen and oxygen atoms in total. The normalized spacial score (nSPS) is 10.5. The van der Waals surface area contributed by atoms with Gasteiger partial charge in [-0.1, -0.05) is 78.8 Å². The first kappa shape index (κ1) is 106. The van der Waals surface area contributed by atoms with E-state index < -0.39 is 53.6 Å². The van der Waals surface area contributed by atoms with Gasteiger partial charge in [0.2, 0.25) is 15.9 Å². The first-order chi connectivity index (χ1) is 58.3. The average molecular weight is 1780 g/mol. The van der Waals surface area contributed by atoms with Crippen molar-refractivity contribution in [1.82, 2.24) is 4.98 Å². The number of rotatable bonds is 31. The van der Waals surface area contributed by atoms with E-state index in [0.29, 0.717) is 120 Å². The minimum Gasteiger partial charge on any atom is -0.497 e. The van der Waals surface area contributed by atoms with Gasteiger partial charge in [-0.25, -0.2) is 36.5 Å². The van der Waals surface area contributed by atoms with Crippen LogP contribution >= 0.6 is 0 Å². The number of ether oxygens (including phenoxy) is 11. The number of methoxy groups -OCH3 is 7. The Labute approximate surface area is 718 Å². The Hall–Kier alpha value is -14.6. The first-order valence-electron chi connectivity index (χ1n) is 36.1. The van der Waals surface area contributed by atoms with Gasteiger partial charge in [0.05, 0.1) is 80.9 Å². The van der Waals surface area contributed by atoms with Crippen molar-refractivity contribution in [3.8, 4) is 51.7 Å². The van der Waals surface area contributed by atoms with Crippen LogP contribution in [0.1, 0.15) is 87.5 Å². The number of nitrogens with two attached hydrogens (primary N) is 10. The van der Waals surface area contributed by atoms with Crippen LogP contribution in [-0.2, 0) is 83.9 Å². The maximum Gasteiger partial charge on any atom is 0.344 e. The number of benzene rings is 8. The van der Waals surface area contributed by atoms with E-state index in [2.05, 4.69) is 10.1 Å². The Bertz CT molecular complexity index is 5280. The number of primary sulfonamides is 1. The molecule has 0 saturated heterocycles. The molecule has 0 aliphatic carbocycles. The van der Waals surface area contributed by atoms with Crippen molar-refractivity contribution in [2.45, 2.75) is 50.9 Å². The van der Waals surface area contributed by atoms with Gasteiger partial charge >= 0.3 is 11.9 Å². The van der Waals surface area contributed by atoms with Crippen LogP contribution in [-0.4, -0.2) is 181 Å². The molecule has 9 rings (SSSR count). The highest BCUT2D eigenvalue weighted by Crippen LogP contribution is 2.30. The second-order valence-electron chi connectivity index (χ2n) is 25.1. The van der Waals surface area contributed by atoms with E-state index >= 15 is 0 Å². The van der Waals surface area contributed by atoms with E-state index in [1.165, 1.54) is 65.9 Å². The molecule has 1 heterocycles. The Morgan fingerprint density at radius 2 is 0.798 bits per heavy atom. The molecule has 0 fully saturated rings. The fourth-order valence-electron chi connectivity index (χ4n) is 9.97. The maximum atomic E-state index is 11.2. The second-order valence-corrected chi connectivity index (χ2v) is 30.3. The number of nitrogen functional groups attached to an aromatic ring is 7. The van der Waals surface area contributed by atoms with Gasteiger partial charge in [-0.2, -0.15) is 8.42 Å². The van der Waals surface area contributed by atoms with Crippen LogP contribution in [0, 0.1) is 32.5 Å². The zero-order valence-electron chi connectivity index (χ0n) is 69.9. The Morgan fingerprint density at radius 1 is 0.419 bits per heavy atom. The molecule has 28 N–H and O–H groups in total. The Kier molecular flexibility index (Phi) is 44.7. The van der Waals surface area contributed by atoms with Crippen molar-refractivity contribution in [2.24, 2.45) is 56.2 Å². The fraction of sp³-hybridized carbons (Fsp3) is 0.247. The summed E-state index contributed by atoms with van der Waals surface area (Å²) in [5.41, 5.74) is 54.8. The number of aryl methyl sites for hydroxylation is 1. The van der Waals surface area contributed by atoms with E-state index in [1.807, 2.05) is 31.2 Å². The highest BCUT2D eigenvalue weighted by molar-refractivity contribution is 7.90. The third-order valence-electron chi connectivity index (χ3n) is 15.9. The minimum absolute atomic E-state index is 0.0154. The summed E-state index contributed by atoms with van der Waals surface area (Å²) in [6.45, 7) is 5.78. The van der Waals surface area contributed by atoms with Crippen LogP contribution < -0.4 is 99.4 Å². The lowest BCUT2D eigenvalue weighted by molar-refractivity contribution is -0.146. The first-order valence-corrected chi connectivity index (χ1v) is 41.5. The Morgan fingerprint density at radius 3 is 1.18 bits per heavy atom. The summed E-state index contributed by atoms with van der Waals surface area (Å²) in [4.78, 5) is 37.1. The Balaban J connectivity index is 0.000000481. The van der Waals surface area contributed by atoms with E-state index in [9.17, 15) is 39.6 Å². The number of hydrogen-bond acceptors (Lipinski definition) is 30. The number of pyridine rings is 1. The zero-order chi connectivity index (χ0) is 93.8. The zero-order valence-corrected chi connectivity index (χ0v) is 72.4. The van der Waals surface area contributed by atoms with Gasteiger partial charge in [0.1, 0.15) is 86.8 Å². The monoisotopic (exact) mass is 1780 g/mol. The largest absolute Gasteiger partial charge is 0.497 e. The number of carbonyl (C=O) groups excluding carboxylic acids is 3. The van der Waals surface area contributed by atoms with Crippen LogP contribution in [0.3, 0.4) is 0 Å². The number of aromatic nitrogens is 1. The van der Waals surface area contributed by atoms with Crippen molar-refractivity contribution in [3.05, 3.63) is 231 Å². The van der Waals surface area contributed by atoms with Gasteiger partial charge in [0.25, 0.3) is 10.1 Å². The molecule has 670 valence electrons. The van der Waals surface area contributed by atoms with Crippen LogP contribution in [0.15, 0.2) is 169 Å². The summed E-state index contributed by atoms with van der Waals surface area (Å²) in [7, 11) is -0.445. The van der Waals surface area contributed by atoms with Crippen molar-refractivity contribution in [2.75, 3.05) is 88.2 Å². The average Bonchev–Trinajstić information content (AvgIpc) is 0.843. The van der Waals surface area contributed by atoms with Crippen LogP contribution in [0.4, 0.5) is 5.82 Å². The SMILES string of the molecule is CCOC(=O)COc1ccc(C(=N)N)cc1CC.CCOC(=O)COc1ccc(C(=N)N)cc1OC.COc1cc(C(=N)N)ccc1CC(N)=O.COc1cc(C(=N)N)ccc1CS(=O)(=O)O.COc1cc(C(=N)N)ccc1CS(C)(=O)=O.COc1cc(C(=N)N)ccc1CS(N)(=O)=O.COc1ccc2ccnc(N)c2c1.COc1cccc(C(N)=NO)c1. The van der Waals surface area contributed by atoms with Gasteiger partial charge in [0.15, 0.2) is 40.4 Å². The summed E-state index contributed by atoms with van der Waals surface area (Å²) in [5, 5.41) is 61.8. The van der Waals surface area contributed by atoms with Crippen molar-refractivity contribution >= 4 is 105 Å². The molecule has 0 spiro atoms. The van der Waals surface area contributed by atoms with E-state index in [1.54, 1.807) is 137 Å². The summed E-state index contributed by atoms with van der Waals surface area (Å²) in [5.74, 6) is 2.46. The number of nitrogens with one attached hydrogen (secondary N) is 6. The van der Waals surface area contributed by atoms with Gasteiger partial charge < -0.3 is 109 Å². The molecule has 8 aromatic carbocycles. The van der Waals surface area contributed by atoms with Crippen molar-refractivity contribution in [3.63, 3.8) is 0 Å². The highest BCUT2D eigenvalue weighted by atomic mass is 32.2. The summed E-state index contributed by atoms with van der Waals surface area (Å²) in [6.07, 6.45) is 3.70. The molecule has 0 atom stereocenters. The number of oxime groups is 1. The number of sulfonamides is 1. The molecule has 124 heavy (non-hydrogen) atoms. The number of amides is 1. The van der Waals surface area contributed by atoms with Gasteiger partial charge in [-0.15, -0.1) is 0 Å². The number of fused-ring (bicyclic) bond motifs is 1. The number of anilines is 1. The van der Waals surface area contributed by atoms with Gasteiger partial charge in [0, 0.05) is 79.0 Å². The number of sulfone groups is 1. The molecule has 0 aliphatic rings. The lowest BCUT2D eigenvalue weighted by Crippen LogP contribution is -2.16. The molecule has 0 saturated carbocycles. The molecular weight excluding hydrogens is 1670 g/mol. The maximum absolute atomic E-state index is 11.2. The number of primary amides is 1. The summed E-state index contributed by atoms with van der Waals surface area (Å²) in [6, 6.07) is 43.3. The van der Waals surface area contributed by atoms with Crippen LogP contribution in [0.25, 0.3) is 10.8 Å². The van der Waals surface area contributed by atoms with E-state index in [0.717, 1.165) is 34.8 Å². The van der Waals surface area contributed by atoms with E-state index in [4.69, 9.17) is 151 Å². The summed E-state index contributed by atoms with van der Waals surface area (Å²) < 4.78 is 130. The smallest absolute Gasteiger partial charge is 0.344 e. The predicted octanol–water partition coefficient (Wildman–Crippen LogP) is 5.68. The molecule has 1 aromatic heterocycles. The molecule has 0 radical (unpaired) electrons. The molecule has 0 bridgehead atoms. The number of nitrogens with zero attached hydrogens (tertiary/aromatic N) is 2. The fourth-order valence-corrected chi connectivity index (χ4v) is 12.1. The number of amidine groups is 7. The number of esters is 2. The molecule has 1 amide bonds. The lowest BCUT2D eigenvalue weighted by atomic mass is 10.1. The third-order valence-corrected chi connectivity index (χ3v) is 18.1. The molecule has 0 aliphatic heterocycles. The molecule has 0 unspecified atom stereocenters.